The zero-order chi connectivity index (χ0) is 40.7. The van der Waals surface area contributed by atoms with Gasteiger partial charge in [0.25, 0.3) is 0 Å². The minimum absolute atomic E-state index is 0.0602. The lowest BCUT2D eigenvalue weighted by molar-refractivity contribution is -0.163. The first-order valence-electron chi connectivity index (χ1n) is 23.5. The SMILES string of the molecule is CC/C=C\C/C=C\C/C=C\CCCCCC(=O)OCC(COCCCCCCCC/C=C\C/C=C\CCC)OC(=O)CCCCCCC/C=C\CCCCCC. The summed E-state index contributed by atoms with van der Waals surface area (Å²) >= 11 is 0. The van der Waals surface area contributed by atoms with Gasteiger partial charge in [0, 0.05) is 19.4 Å². The molecule has 0 heterocycles. The summed E-state index contributed by atoms with van der Waals surface area (Å²) in [4.78, 5) is 25.3. The molecule has 0 saturated heterocycles. The molecule has 0 aliphatic heterocycles. The molecule has 0 saturated carbocycles. The number of hydrogen-bond acceptors (Lipinski definition) is 5. The number of rotatable bonds is 42. The van der Waals surface area contributed by atoms with E-state index in [0.29, 0.717) is 19.4 Å². The second-order valence-corrected chi connectivity index (χ2v) is 15.3. The van der Waals surface area contributed by atoms with E-state index in [-0.39, 0.29) is 25.2 Å². The molecule has 1 unspecified atom stereocenters. The highest BCUT2D eigenvalue weighted by Crippen LogP contribution is 2.12. The molecule has 0 aliphatic rings. The molecular formula is C51H88O5. The summed E-state index contributed by atoms with van der Waals surface area (Å²) in [6.07, 6.45) is 59.0. The molecule has 1 atom stereocenters. The van der Waals surface area contributed by atoms with Gasteiger partial charge in [-0.15, -0.1) is 0 Å². The third-order valence-corrected chi connectivity index (χ3v) is 9.68. The van der Waals surface area contributed by atoms with Gasteiger partial charge in [0.05, 0.1) is 6.61 Å². The summed E-state index contributed by atoms with van der Waals surface area (Å²) in [5, 5.41) is 0. The van der Waals surface area contributed by atoms with Crippen molar-refractivity contribution in [1.82, 2.24) is 0 Å². The van der Waals surface area contributed by atoms with E-state index < -0.39 is 6.10 Å². The van der Waals surface area contributed by atoms with Gasteiger partial charge in [-0.2, -0.15) is 0 Å². The van der Waals surface area contributed by atoms with Crippen molar-refractivity contribution in [2.24, 2.45) is 0 Å². The minimum atomic E-state index is -0.558. The number of carbonyl (C=O) groups excluding carboxylic acids is 2. The zero-order valence-corrected chi connectivity index (χ0v) is 36.9. The molecule has 0 aromatic carbocycles. The fourth-order valence-electron chi connectivity index (χ4n) is 6.20. The Hall–Kier alpha value is -2.66. The number of ether oxygens (including phenoxy) is 3. The van der Waals surface area contributed by atoms with E-state index in [1.54, 1.807) is 0 Å². The van der Waals surface area contributed by atoms with Crippen molar-refractivity contribution in [3.63, 3.8) is 0 Å². The van der Waals surface area contributed by atoms with Gasteiger partial charge >= 0.3 is 11.9 Å². The summed E-state index contributed by atoms with van der Waals surface area (Å²) in [5.41, 5.74) is 0. The molecule has 0 N–H and O–H groups in total. The highest BCUT2D eigenvalue weighted by molar-refractivity contribution is 5.70. The maximum Gasteiger partial charge on any atom is 0.306 e. The normalized spacial score (nSPS) is 12.8. The van der Waals surface area contributed by atoms with Crippen molar-refractivity contribution < 1.29 is 23.8 Å². The fraction of sp³-hybridized carbons (Fsp3) is 0.725. The molecule has 0 amide bonds. The quantitative estimate of drug-likeness (QED) is 0.0351. The highest BCUT2D eigenvalue weighted by atomic mass is 16.6. The third kappa shape index (κ3) is 44.1. The number of carbonyl (C=O) groups is 2. The summed E-state index contributed by atoms with van der Waals surface area (Å²) in [6, 6.07) is 0. The van der Waals surface area contributed by atoms with Crippen LogP contribution in [0.5, 0.6) is 0 Å². The van der Waals surface area contributed by atoms with Crippen LogP contribution in [0.25, 0.3) is 0 Å². The molecule has 0 aliphatic carbocycles. The molecule has 0 aromatic heterocycles. The Morgan fingerprint density at radius 2 is 0.839 bits per heavy atom. The van der Waals surface area contributed by atoms with Gasteiger partial charge in [-0.3, -0.25) is 9.59 Å². The largest absolute Gasteiger partial charge is 0.462 e. The number of hydrogen-bond donors (Lipinski definition) is 0. The van der Waals surface area contributed by atoms with E-state index in [4.69, 9.17) is 14.2 Å². The molecule has 0 rings (SSSR count). The molecule has 0 bridgehead atoms. The zero-order valence-electron chi connectivity index (χ0n) is 36.9. The average Bonchev–Trinajstić information content (AvgIpc) is 3.20. The Morgan fingerprint density at radius 3 is 1.39 bits per heavy atom. The Balaban J connectivity index is 4.34. The highest BCUT2D eigenvalue weighted by Gasteiger charge is 2.17. The summed E-state index contributed by atoms with van der Waals surface area (Å²) < 4.78 is 17.3. The summed E-state index contributed by atoms with van der Waals surface area (Å²) in [6.45, 7) is 7.57. The summed E-state index contributed by atoms with van der Waals surface area (Å²) in [7, 11) is 0. The Morgan fingerprint density at radius 1 is 0.411 bits per heavy atom. The number of allylic oxidation sites excluding steroid dienone is 12. The molecule has 0 aromatic rings. The molecule has 5 heteroatoms. The van der Waals surface area contributed by atoms with Crippen molar-refractivity contribution in [1.29, 1.82) is 0 Å². The van der Waals surface area contributed by atoms with Crippen LogP contribution in [0, 0.1) is 0 Å². The third-order valence-electron chi connectivity index (χ3n) is 9.68. The topological polar surface area (TPSA) is 61.8 Å². The molecule has 0 spiro atoms. The van der Waals surface area contributed by atoms with Crippen LogP contribution in [0.15, 0.2) is 72.9 Å². The number of unbranched alkanes of at least 4 members (excludes halogenated alkanes) is 19. The molecule has 0 fully saturated rings. The van der Waals surface area contributed by atoms with Gasteiger partial charge < -0.3 is 14.2 Å². The smallest absolute Gasteiger partial charge is 0.306 e. The van der Waals surface area contributed by atoms with Crippen LogP contribution < -0.4 is 0 Å². The van der Waals surface area contributed by atoms with Gasteiger partial charge in [-0.1, -0.05) is 171 Å². The van der Waals surface area contributed by atoms with E-state index in [0.717, 1.165) is 89.9 Å². The van der Waals surface area contributed by atoms with Crippen molar-refractivity contribution >= 4 is 11.9 Å². The number of esters is 2. The Kier molecular flexibility index (Phi) is 44.5. The van der Waals surface area contributed by atoms with Crippen LogP contribution in [-0.4, -0.2) is 37.9 Å². The van der Waals surface area contributed by atoms with Crippen LogP contribution in [0.2, 0.25) is 0 Å². The van der Waals surface area contributed by atoms with Crippen LogP contribution in [0.4, 0.5) is 0 Å². The van der Waals surface area contributed by atoms with Crippen molar-refractivity contribution in [2.45, 2.75) is 219 Å². The Bertz CT molecular complexity index is 1020. The van der Waals surface area contributed by atoms with E-state index in [1.165, 1.54) is 89.9 Å². The van der Waals surface area contributed by atoms with E-state index in [2.05, 4.69) is 93.7 Å². The second-order valence-electron chi connectivity index (χ2n) is 15.3. The van der Waals surface area contributed by atoms with Crippen molar-refractivity contribution in [2.75, 3.05) is 19.8 Å². The molecule has 322 valence electrons. The minimum Gasteiger partial charge on any atom is -0.462 e. The van der Waals surface area contributed by atoms with Crippen LogP contribution >= 0.6 is 0 Å². The van der Waals surface area contributed by atoms with Crippen LogP contribution in [-0.2, 0) is 23.8 Å². The predicted molar refractivity (Wildman–Crippen MR) is 242 cm³/mol. The van der Waals surface area contributed by atoms with E-state index in [1.807, 2.05) is 0 Å². The van der Waals surface area contributed by atoms with Gasteiger partial charge in [-0.25, -0.2) is 0 Å². The Labute approximate surface area is 347 Å². The maximum atomic E-state index is 12.7. The second kappa shape index (κ2) is 46.7. The van der Waals surface area contributed by atoms with Crippen LogP contribution in [0.1, 0.15) is 213 Å². The fourth-order valence-corrected chi connectivity index (χ4v) is 6.20. The van der Waals surface area contributed by atoms with Gasteiger partial charge in [0.1, 0.15) is 6.61 Å². The molecular weight excluding hydrogens is 693 g/mol. The monoisotopic (exact) mass is 781 g/mol. The summed E-state index contributed by atoms with van der Waals surface area (Å²) in [5.74, 6) is -0.449. The maximum absolute atomic E-state index is 12.7. The first kappa shape index (κ1) is 53.3. The van der Waals surface area contributed by atoms with Crippen molar-refractivity contribution in [3.05, 3.63) is 72.9 Å². The first-order valence-corrected chi connectivity index (χ1v) is 23.5. The van der Waals surface area contributed by atoms with Gasteiger partial charge in [0.15, 0.2) is 6.10 Å². The van der Waals surface area contributed by atoms with E-state index >= 15 is 0 Å². The standard InChI is InChI=1S/C51H88O5/c1-4-7-10-13-16-19-22-25-28-31-34-37-40-43-46-54-47-49(56-51(53)45-42-39-36-33-30-27-24-21-18-15-12-9-6-3)48-55-50(52)44-41-38-35-32-29-26-23-20-17-14-11-8-5-2/h8,10-11,13,17,19-22,24,26,29,49H,4-7,9,12,14-16,18,23,25,27-28,30-48H2,1-3H3/b11-8-,13-10-,20-17-,22-19-,24-21-,29-26-. The lowest BCUT2D eigenvalue weighted by atomic mass is 10.1. The first-order chi connectivity index (χ1) is 27.6. The predicted octanol–water partition coefficient (Wildman–Crippen LogP) is 15.6. The lowest BCUT2D eigenvalue weighted by Gasteiger charge is -2.18. The average molecular weight is 781 g/mol. The molecule has 5 nitrogen and oxygen atoms in total. The van der Waals surface area contributed by atoms with Gasteiger partial charge in [0.2, 0.25) is 0 Å². The van der Waals surface area contributed by atoms with Crippen LogP contribution in [0.3, 0.4) is 0 Å². The van der Waals surface area contributed by atoms with E-state index in [9.17, 15) is 9.59 Å². The van der Waals surface area contributed by atoms with Crippen molar-refractivity contribution in [3.8, 4) is 0 Å². The molecule has 56 heavy (non-hydrogen) atoms. The van der Waals surface area contributed by atoms with Gasteiger partial charge in [-0.05, 0) is 103 Å². The molecule has 0 radical (unpaired) electrons. The lowest BCUT2D eigenvalue weighted by Crippen LogP contribution is -2.30.